The third-order valence-corrected chi connectivity index (χ3v) is 3.28. The molecule has 2 rings (SSSR count). The van der Waals surface area contributed by atoms with Gasteiger partial charge in [0, 0.05) is 21.3 Å². The van der Waals surface area contributed by atoms with Crippen LogP contribution in [-0.4, -0.2) is 0 Å². The van der Waals surface area contributed by atoms with Crippen LogP contribution in [0.5, 0.6) is 0 Å². The zero-order valence-electron chi connectivity index (χ0n) is 7.25. The zero-order valence-corrected chi connectivity index (χ0v) is 8.82. The highest BCUT2D eigenvalue weighted by Gasteiger charge is 2.11. The Bertz CT molecular complexity index is 525. The number of nitrogens with two attached hydrogens (primary N) is 1. The van der Waals surface area contributed by atoms with Crippen molar-refractivity contribution in [2.75, 3.05) is 5.73 Å². The standard InChI is InChI=1S/C10H7ClN2S/c11-4-7-8(5-12)6-1-2-14-10(6)3-9(7)13/h1-3H,4,13H2. The van der Waals surface area contributed by atoms with E-state index in [9.17, 15) is 0 Å². The van der Waals surface area contributed by atoms with Crippen LogP contribution in [0, 0.1) is 11.3 Å². The predicted molar refractivity (Wildman–Crippen MR) is 60.5 cm³/mol. The summed E-state index contributed by atoms with van der Waals surface area (Å²) in [4.78, 5) is 0. The molecular weight excluding hydrogens is 216 g/mol. The first-order valence-corrected chi connectivity index (χ1v) is 5.44. The van der Waals surface area contributed by atoms with Crippen LogP contribution in [0.3, 0.4) is 0 Å². The fraction of sp³-hybridized carbons (Fsp3) is 0.100. The van der Waals surface area contributed by atoms with E-state index in [1.54, 1.807) is 11.3 Å². The first-order chi connectivity index (χ1) is 6.77. The fourth-order valence-electron chi connectivity index (χ4n) is 1.45. The lowest BCUT2D eigenvalue weighted by atomic mass is 10.0. The number of benzene rings is 1. The molecule has 0 spiro atoms. The Balaban J connectivity index is 2.91. The highest BCUT2D eigenvalue weighted by Crippen LogP contribution is 2.31. The Labute approximate surface area is 90.5 Å². The van der Waals surface area contributed by atoms with Crippen molar-refractivity contribution < 1.29 is 0 Å². The quantitative estimate of drug-likeness (QED) is 0.596. The second kappa shape index (κ2) is 3.49. The van der Waals surface area contributed by atoms with Gasteiger partial charge in [-0.25, -0.2) is 0 Å². The van der Waals surface area contributed by atoms with Gasteiger partial charge in [-0.3, -0.25) is 0 Å². The molecule has 4 heteroatoms. The Morgan fingerprint density at radius 1 is 1.57 bits per heavy atom. The molecule has 2 aromatic rings. The van der Waals surface area contributed by atoms with Gasteiger partial charge in [0.25, 0.3) is 0 Å². The van der Waals surface area contributed by atoms with E-state index in [4.69, 9.17) is 22.6 Å². The number of nitriles is 1. The number of hydrogen-bond acceptors (Lipinski definition) is 3. The van der Waals surface area contributed by atoms with Gasteiger partial charge in [-0.1, -0.05) is 0 Å². The molecule has 0 amide bonds. The monoisotopic (exact) mass is 222 g/mol. The number of anilines is 1. The first-order valence-electron chi connectivity index (χ1n) is 4.02. The molecule has 1 heterocycles. The molecule has 1 aromatic heterocycles. The van der Waals surface area contributed by atoms with Gasteiger partial charge in [0.2, 0.25) is 0 Å². The molecule has 0 aliphatic heterocycles. The molecule has 14 heavy (non-hydrogen) atoms. The maximum absolute atomic E-state index is 9.03. The number of fused-ring (bicyclic) bond motifs is 1. The van der Waals surface area contributed by atoms with Crippen molar-refractivity contribution in [3.63, 3.8) is 0 Å². The maximum atomic E-state index is 9.03. The van der Waals surface area contributed by atoms with E-state index in [1.807, 2.05) is 17.5 Å². The molecule has 0 bridgehead atoms. The van der Waals surface area contributed by atoms with Crippen molar-refractivity contribution >= 4 is 38.7 Å². The van der Waals surface area contributed by atoms with Crippen LogP contribution < -0.4 is 5.73 Å². The summed E-state index contributed by atoms with van der Waals surface area (Å²) in [5.41, 5.74) is 7.75. The average Bonchev–Trinajstić information content (AvgIpc) is 2.62. The molecule has 1 aromatic carbocycles. The van der Waals surface area contributed by atoms with Crippen molar-refractivity contribution in [1.82, 2.24) is 0 Å². The lowest BCUT2D eigenvalue weighted by Crippen LogP contribution is -1.95. The molecule has 0 unspecified atom stereocenters. The SMILES string of the molecule is N#Cc1c(CCl)c(N)cc2sccc12. The van der Waals surface area contributed by atoms with Gasteiger partial charge in [-0.15, -0.1) is 22.9 Å². The summed E-state index contributed by atoms with van der Waals surface area (Å²) < 4.78 is 1.04. The molecule has 70 valence electrons. The van der Waals surface area contributed by atoms with E-state index in [0.717, 1.165) is 15.6 Å². The number of thiophene rings is 1. The minimum absolute atomic E-state index is 0.278. The second-order valence-electron chi connectivity index (χ2n) is 2.90. The predicted octanol–water partition coefficient (Wildman–Crippen LogP) is 3.09. The summed E-state index contributed by atoms with van der Waals surface area (Å²) in [7, 11) is 0. The minimum atomic E-state index is 0.278. The lowest BCUT2D eigenvalue weighted by Gasteiger charge is -2.05. The van der Waals surface area contributed by atoms with E-state index >= 15 is 0 Å². The van der Waals surface area contributed by atoms with Crippen molar-refractivity contribution in [2.24, 2.45) is 0 Å². The Kier molecular flexibility index (Phi) is 2.32. The van der Waals surface area contributed by atoms with Crippen LogP contribution in [0.1, 0.15) is 11.1 Å². The van der Waals surface area contributed by atoms with Gasteiger partial charge in [0.05, 0.1) is 11.4 Å². The van der Waals surface area contributed by atoms with Crippen molar-refractivity contribution in [2.45, 2.75) is 5.88 Å². The van der Waals surface area contributed by atoms with E-state index in [-0.39, 0.29) is 5.88 Å². The van der Waals surface area contributed by atoms with Gasteiger partial charge in [0.15, 0.2) is 0 Å². The van der Waals surface area contributed by atoms with Crippen LogP contribution in [0.2, 0.25) is 0 Å². The average molecular weight is 223 g/mol. The van der Waals surface area contributed by atoms with Crippen molar-refractivity contribution in [3.8, 4) is 6.07 Å². The van der Waals surface area contributed by atoms with Gasteiger partial charge in [-0.05, 0) is 17.5 Å². The van der Waals surface area contributed by atoms with Crippen LogP contribution in [-0.2, 0) is 5.88 Å². The van der Waals surface area contributed by atoms with E-state index in [1.165, 1.54) is 0 Å². The third kappa shape index (κ3) is 1.24. The zero-order chi connectivity index (χ0) is 10.1. The Hall–Kier alpha value is -1.24. The highest BCUT2D eigenvalue weighted by molar-refractivity contribution is 7.17. The van der Waals surface area contributed by atoms with E-state index in [2.05, 4.69) is 6.07 Å². The van der Waals surface area contributed by atoms with Crippen molar-refractivity contribution in [1.29, 1.82) is 5.26 Å². The van der Waals surface area contributed by atoms with Gasteiger partial charge < -0.3 is 5.73 Å². The number of nitrogen functional groups attached to an aromatic ring is 1. The van der Waals surface area contributed by atoms with E-state index < -0.39 is 0 Å². The van der Waals surface area contributed by atoms with Gasteiger partial charge >= 0.3 is 0 Å². The fourth-order valence-corrected chi connectivity index (χ4v) is 2.58. The van der Waals surface area contributed by atoms with Crippen LogP contribution in [0.25, 0.3) is 10.1 Å². The lowest BCUT2D eigenvalue weighted by molar-refractivity contribution is 1.38. The number of halogens is 1. The summed E-state index contributed by atoms with van der Waals surface area (Å²) in [5, 5.41) is 11.9. The topological polar surface area (TPSA) is 49.8 Å². The van der Waals surface area contributed by atoms with Gasteiger partial charge in [-0.2, -0.15) is 5.26 Å². The third-order valence-electron chi connectivity index (χ3n) is 2.15. The van der Waals surface area contributed by atoms with Crippen LogP contribution in [0.15, 0.2) is 17.5 Å². The molecule has 0 saturated heterocycles. The van der Waals surface area contributed by atoms with Crippen LogP contribution >= 0.6 is 22.9 Å². The molecule has 0 aliphatic rings. The number of rotatable bonds is 1. The molecule has 0 saturated carbocycles. The minimum Gasteiger partial charge on any atom is -0.398 e. The smallest absolute Gasteiger partial charge is 0.100 e. The van der Waals surface area contributed by atoms with E-state index in [0.29, 0.717) is 11.3 Å². The molecule has 0 fully saturated rings. The molecule has 0 radical (unpaired) electrons. The second-order valence-corrected chi connectivity index (χ2v) is 4.11. The normalized spacial score (nSPS) is 10.3. The molecule has 2 nitrogen and oxygen atoms in total. The number of hydrogen-bond donors (Lipinski definition) is 1. The number of nitrogens with zero attached hydrogens (tertiary/aromatic N) is 1. The summed E-state index contributed by atoms with van der Waals surface area (Å²) in [6.45, 7) is 0. The Morgan fingerprint density at radius 3 is 3.00 bits per heavy atom. The first kappa shape index (κ1) is 9.32. The highest BCUT2D eigenvalue weighted by atomic mass is 35.5. The molecule has 0 aliphatic carbocycles. The molecular formula is C10H7ClN2S. The van der Waals surface area contributed by atoms with Gasteiger partial charge in [0.1, 0.15) is 6.07 Å². The summed E-state index contributed by atoms with van der Waals surface area (Å²) in [6, 6.07) is 5.96. The summed E-state index contributed by atoms with van der Waals surface area (Å²) in [6.07, 6.45) is 0. The summed E-state index contributed by atoms with van der Waals surface area (Å²) >= 11 is 7.33. The molecule has 0 atom stereocenters. The number of alkyl halides is 1. The van der Waals surface area contributed by atoms with Crippen LogP contribution in [0.4, 0.5) is 5.69 Å². The molecule has 2 N–H and O–H groups in total. The van der Waals surface area contributed by atoms with Crippen molar-refractivity contribution in [3.05, 3.63) is 28.6 Å². The summed E-state index contributed by atoms with van der Waals surface area (Å²) in [5.74, 6) is 0.278. The maximum Gasteiger partial charge on any atom is 0.100 e. The Morgan fingerprint density at radius 2 is 2.36 bits per heavy atom. The largest absolute Gasteiger partial charge is 0.398 e.